The Balaban J connectivity index is 2.23. The van der Waals surface area contributed by atoms with E-state index in [0.717, 1.165) is 25.0 Å². The molecule has 1 aromatic carbocycles. The molecule has 1 N–H and O–H groups in total. The van der Waals surface area contributed by atoms with Gasteiger partial charge in [-0.3, -0.25) is 9.52 Å². The van der Waals surface area contributed by atoms with Crippen LogP contribution >= 0.6 is 11.6 Å². The molecular weight excluding hydrogens is 345 g/mol. The van der Waals surface area contributed by atoms with Crippen LogP contribution in [0.3, 0.4) is 0 Å². The van der Waals surface area contributed by atoms with Gasteiger partial charge in [0.2, 0.25) is 10.0 Å². The minimum absolute atomic E-state index is 0.0305. The van der Waals surface area contributed by atoms with Gasteiger partial charge in [-0.15, -0.1) is 0 Å². The Bertz CT molecular complexity index is 680. The molecule has 1 saturated carbocycles. The van der Waals surface area contributed by atoms with E-state index in [9.17, 15) is 17.6 Å². The van der Waals surface area contributed by atoms with Crippen molar-refractivity contribution in [2.75, 3.05) is 11.3 Å². The quantitative estimate of drug-likeness (QED) is 0.814. The molecule has 5 nitrogen and oxygen atoms in total. The number of nitrogens with one attached hydrogen (secondary N) is 1. The largest absolute Gasteiger partial charge is 0.466 e. The molecule has 23 heavy (non-hydrogen) atoms. The van der Waals surface area contributed by atoms with Crippen molar-refractivity contribution in [3.05, 3.63) is 29.0 Å². The fourth-order valence-electron chi connectivity index (χ4n) is 2.79. The molecule has 2 atom stereocenters. The third-order valence-electron chi connectivity index (χ3n) is 3.87. The van der Waals surface area contributed by atoms with E-state index >= 15 is 0 Å². The van der Waals surface area contributed by atoms with E-state index in [-0.39, 0.29) is 17.3 Å². The highest BCUT2D eigenvalue weighted by Gasteiger charge is 2.40. The summed E-state index contributed by atoms with van der Waals surface area (Å²) in [5.41, 5.74) is 0.0984. The van der Waals surface area contributed by atoms with Crippen molar-refractivity contribution >= 4 is 33.3 Å². The summed E-state index contributed by atoms with van der Waals surface area (Å²) in [4.78, 5) is 12.0. The Kier molecular flexibility index (Phi) is 5.86. The van der Waals surface area contributed by atoms with Crippen LogP contribution in [0.2, 0.25) is 5.02 Å². The molecule has 0 radical (unpaired) electrons. The lowest BCUT2D eigenvalue weighted by Crippen LogP contribution is -2.41. The van der Waals surface area contributed by atoms with Crippen LogP contribution in [-0.4, -0.2) is 26.2 Å². The Hall–Kier alpha value is -1.34. The second-order valence-electron chi connectivity index (χ2n) is 5.45. The average Bonchev–Trinajstić information content (AvgIpc) is 2.50. The summed E-state index contributed by atoms with van der Waals surface area (Å²) < 4.78 is 45.7. The Labute approximate surface area is 140 Å². The summed E-state index contributed by atoms with van der Waals surface area (Å²) in [5.74, 6) is -1.74. The molecule has 1 aromatic rings. The van der Waals surface area contributed by atoms with E-state index in [1.807, 2.05) is 0 Å². The van der Waals surface area contributed by atoms with Crippen LogP contribution in [-0.2, 0) is 19.6 Å². The van der Waals surface area contributed by atoms with Gasteiger partial charge in [0.25, 0.3) is 0 Å². The van der Waals surface area contributed by atoms with Gasteiger partial charge in [-0.1, -0.05) is 24.4 Å². The topological polar surface area (TPSA) is 72.5 Å². The maximum Gasteiger partial charge on any atom is 0.310 e. The molecule has 2 rings (SSSR count). The first kappa shape index (κ1) is 18.0. The van der Waals surface area contributed by atoms with Crippen LogP contribution in [0.1, 0.15) is 32.6 Å². The molecule has 0 heterocycles. The fourth-order valence-corrected chi connectivity index (χ4v) is 4.85. The molecule has 1 aliphatic carbocycles. The molecule has 0 amide bonds. The molecule has 1 fully saturated rings. The number of anilines is 1. The van der Waals surface area contributed by atoms with Crippen molar-refractivity contribution in [2.45, 2.75) is 37.9 Å². The number of carbonyl (C=O) groups is 1. The van der Waals surface area contributed by atoms with Gasteiger partial charge in [-0.2, -0.15) is 0 Å². The third kappa shape index (κ3) is 4.35. The van der Waals surface area contributed by atoms with Crippen LogP contribution in [0.4, 0.5) is 10.1 Å². The molecule has 0 spiro atoms. The van der Waals surface area contributed by atoms with Crippen molar-refractivity contribution in [2.24, 2.45) is 5.92 Å². The number of halogens is 2. The number of hydrogen-bond donors (Lipinski definition) is 1. The van der Waals surface area contributed by atoms with Gasteiger partial charge < -0.3 is 4.74 Å². The highest BCUT2D eigenvalue weighted by atomic mass is 35.5. The van der Waals surface area contributed by atoms with E-state index in [0.29, 0.717) is 12.8 Å². The maximum absolute atomic E-state index is 13.1. The minimum atomic E-state index is -3.84. The van der Waals surface area contributed by atoms with E-state index < -0.39 is 33.0 Å². The molecule has 2 unspecified atom stereocenters. The average molecular weight is 364 g/mol. The first-order chi connectivity index (χ1) is 10.8. The lowest BCUT2D eigenvalue weighted by Gasteiger charge is -2.29. The number of carbonyl (C=O) groups excluding carboxylic acids is 1. The Morgan fingerprint density at radius 2 is 2.09 bits per heavy atom. The van der Waals surface area contributed by atoms with E-state index in [1.54, 1.807) is 6.92 Å². The number of benzene rings is 1. The third-order valence-corrected chi connectivity index (χ3v) is 6.05. The van der Waals surface area contributed by atoms with Crippen LogP contribution in [0.15, 0.2) is 18.2 Å². The van der Waals surface area contributed by atoms with Gasteiger partial charge in [0.15, 0.2) is 0 Å². The maximum atomic E-state index is 13.1. The number of ether oxygens (including phenoxy) is 1. The summed E-state index contributed by atoms with van der Waals surface area (Å²) in [6, 6.07) is 3.41. The van der Waals surface area contributed by atoms with E-state index in [4.69, 9.17) is 16.3 Å². The van der Waals surface area contributed by atoms with Crippen molar-refractivity contribution in [3.63, 3.8) is 0 Å². The second-order valence-corrected chi connectivity index (χ2v) is 7.76. The minimum Gasteiger partial charge on any atom is -0.466 e. The van der Waals surface area contributed by atoms with Crippen molar-refractivity contribution in [1.82, 2.24) is 0 Å². The summed E-state index contributed by atoms with van der Waals surface area (Å²) in [6.45, 7) is 1.89. The normalized spacial score (nSPS) is 21.7. The highest BCUT2D eigenvalue weighted by molar-refractivity contribution is 7.93. The van der Waals surface area contributed by atoms with Gasteiger partial charge in [0.05, 0.1) is 28.5 Å². The van der Waals surface area contributed by atoms with Gasteiger partial charge in [-0.25, -0.2) is 12.8 Å². The first-order valence-electron chi connectivity index (χ1n) is 7.48. The SMILES string of the molecule is CCOC(=O)C1CCCCC1S(=O)(=O)Nc1ccc(F)cc1Cl. The molecule has 0 aromatic heterocycles. The van der Waals surface area contributed by atoms with Crippen LogP contribution in [0, 0.1) is 11.7 Å². The smallest absolute Gasteiger partial charge is 0.310 e. The monoisotopic (exact) mass is 363 g/mol. The zero-order chi connectivity index (χ0) is 17.0. The molecule has 0 aliphatic heterocycles. The molecular formula is C15H19ClFNO4S. The molecule has 0 bridgehead atoms. The van der Waals surface area contributed by atoms with Gasteiger partial charge in [-0.05, 0) is 38.0 Å². The van der Waals surface area contributed by atoms with Gasteiger partial charge >= 0.3 is 5.97 Å². The standard InChI is InChI=1S/C15H19ClFNO4S/c1-2-22-15(19)11-5-3-4-6-14(11)23(20,21)18-13-8-7-10(17)9-12(13)16/h7-9,11,14,18H,2-6H2,1H3. The predicted octanol–water partition coefficient (Wildman–Crippen LogP) is 3.34. The molecule has 1 aliphatic rings. The fraction of sp³-hybridized carbons (Fsp3) is 0.533. The number of esters is 1. The van der Waals surface area contributed by atoms with Crippen LogP contribution in [0.25, 0.3) is 0 Å². The number of hydrogen-bond acceptors (Lipinski definition) is 4. The molecule has 8 heteroatoms. The summed E-state index contributed by atoms with van der Waals surface area (Å²) in [7, 11) is -3.84. The predicted molar refractivity (Wildman–Crippen MR) is 86.3 cm³/mol. The first-order valence-corrected chi connectivity index (χ1v) is 9.41. The zero-order valence-corrected chi connectivity index (χ0v) is 14.3. The molecule has 128 valence electrons. The number of sulfonamides is 1. The summed E-state index contributed by atoms with van der Waals surface area (Å²) in [6.07, 6.45) is 2.35. The van der Waals surface area contributed by atoms with Crippen molar-refractivity contribution in [3.8, 4) is 0 Å². The van der Waals surface area contributed by atoms with Gasteiger partial charge in [0, 0.05) is 0 Å². The molecule has 0 saturated heterocycles. The number of rotatable bonds is 5. The lowest BCUT2D eigenvalue weighted by molar-refractivity contribution is -0.148. The summed E-state index contributed by atoms with van der Waals surface area (Å²) >= 11 is 5.86. The van der Waals surface area contributed by atoms with Crippen LogP contribution < -0.4 is 4.72 Å². The van der Waals surface area contributed by atoms with Crippen LogP contribution in [0.5, 0.6) is 0 Å². The van der Waals surface area contributed by atoms with E-state index in [2.05, 4.69) is 4.72 Å². The summed E-state index contributed by atoms with van der Waals surface area (Å²) in [5, 5.41) is -0.909. The van der Waals surface area contributed by atoms with Gasteiger partial charge in [0.1, 0.15) is 5.82 Å². The highest BCUT2D eigenvalue weighted by Crippen LogP contribution is 2.33. The van der Waals surface area contributed by atoms with E-state index in [1.165, 1.54) is 6.07 Å². The Morgan fingerprint density at radius 1 is 1.39 bits per heavy atom. The zero-order valence-electron chi connectivity index (χ0n) is 12.7. The lowest BCUT2D eigenvalue weighted by atomic mass is 9.89. The van der Waals surface area contributed by atoms with Crippen molar-refractivity contribution in [1.29, 1.82) is 0 Å². The Morgan fingerprint density at radius 3 is 2.74 bits per heavy atom. The van der Waals surface area contributed by atoms with Crippen molar-refractivity contribution < 1.29 is 22.3 Å². The second kappa shape index (κ2) is 7.49.